The van der Waals surface area contributed by atoms with E-state index in [2.05, 4.69) is 20.7 Å². The molecule has 1 aromatic heterocycles. The van der Waals surface area contributed by atoms with Gasteiger partial charge in [-0.25, -0.2) is 0 Å². The van der Waals surface area contributed by atoms with E-state index in [0.29, 0.717) is 23.6 Å². The fourth-order valence-electron chi connectivity index (χ4n) is 2.59. The minimum absolute atomic E-state index is 0.0715. The van der Waals surface area contributed by atoms with Crippen LogP contribution in [0, 0.1) is 6.92 Å². The maximum atomic E-state index is 12.3. The molecule has 1 aliphatic rings. The summed E-state index contributed by atoms with van der Waals surface area (Å²) in [7, 11) is 0. The maximum Gasteiger partial charge on any atom is 0.256 e. The summed E-state index contributed by atoms with van der Waals surface area (Å²) in [5.41, 5.74) is 1.27. The molecule has 0 atom stereocenters. The first-order chi connectivity index (χ1) is 10.1. The minimum Gasteiger partial charge on any atom is -0.360 e. The van der Waals surface area contributed by atoms with Crippen LogP contribution in [0.4, 0.5) is 0 Å². The van der Waals surface area contributed by atoms with Gasteiger partial charge in [0.25, 0.3) is 5.91 Å². The van der Waals surface area contributed by atoms with E-state index in [9.17, 15) is 4.79 Å². The molecule has 0 radical (unpaired) electrons. The van der Waals surface area contributed by atoms with Crippen molar-refractivity contribution in [3.63, 3.8) is 0 Å². The summed E-state index contributed by atoms with van der Waals surface area (Å²) in [4.78, 5) is 14.7. The number of nitrogens with one attached hydrogen (secondary N) is 2. The van der Waals surface area contributed by atoms with Gasteiger partial charge in [-0.1, -0.05) is 19.0 Å². The number of rotatable bonds is 6. The van der Waals surface area contributed by atoms with Crippen molar-refractivity contribution < 1.29 is 9.32 Å². The molecule has 1 fully saturated rings. The Kier molecular flexibility index (Phi) is 5.76. The number of hydrogen-bond acceptors (Lipinski definition) is 5. The zero-order chi connectivity index (χ0) is 15.2. The summed E-state index contributed by atoms with van der Waals surface area (Å²) in [6.07, 6.45) is 0.965. The van der Waals surface area contributed by atoms with E-state index in [1.54, 1.807) is 0 Å². The van der Waals surface area contributed by atoms with Crippen LogP contribution in [0.25, 0.3) is 0 Å². The maximum absolute atomic E-state index is 12.3. The Hall–Kier alpha value is -1.40. The van der Waals surface area contributed by atoms with E-state index in [4.69, 9.17) is 4.52 Å². The van der Waals surface area contributed by atoms with Gasteiger partial charge in [0.15, 0.2) is 5.76 Å². The summed E-state index contributed by atoms with van der Waals surface area (Å²) >= 11 is 0. The van der Waals surface area contributed by atoms with E-state index >= 15 is 0 Å². The average Bonchev–Trinajstić information content (AvgIpc) is 2.86. The monoisotopic (exact) mass is 294 g/mol. The van der Waals surface area contributed by atoms with Crippen molar-refractivity contribution in [1.29, 1.82) is 0 Å². The molecule has 0 spiro atoms. The molecule has 0 saturated carbocycles. The number of carbonyl (C=O) groups is 1. The third kappa shape index (κ3) is 4.28. The number of carbonyl (C=O) groups excluding carboxylic acids is 1. The second kappa shape index (κ2) is 7.56. The molecular weight excluding hydrogens is 268 g/mol. The normalized spacial score (nSPS) is 16.4. The highest BCUT2D eigenvalue weighted by Crippen LogP contribution is 2.21. The summed E-state index contributed by atoms with van der Waals surface area (Å²) in [6.45, 7) is 11.8. The molecule has 2 N–H and O–H groups in total. The van der Waals surface area contributed by atoms with Crippen LogP contribution < -0.4 is 10.6 Å². The zero-order valence-corrected chi connectivity index (χ0v) is 13.2. The van der Waals surface area contributed by atoms with Crippen molar-refractivity contribution in [3.05, 3.63) is 17.0 Å². The first-order valence-electron chi connectivity index (χ1n) is 7.77. The lowest BCUT2D eigenvalue weighted by Gasteiger charge is -2.27. The standard InChI is InChI=1S/C15H26N4O2/c1-11(2)14-13(12(3)18-21-14)15(20)17-5-4-8-19-9-6-16-7-10-19/h11,16H,4-10H2,1-3H3,(H,17,20). The number of aromatic nitrogens is 1. The Morgan fingerprint density at radius 2 is 2.14 bits per heavy atom. The highest BCUT2D eigenvalue weighted by molar-refractivity contribution is 5.96. The van der Waals surface area contributed by atoms with Gasteiger partial charge in [0, 0.05) is 38.6 Å². The Morgan fingerprint density at radius 3 is 2.81 bits per heavy atom. The van der Waals surface area contributed by atoms with E-state index < -0.39 is 0 Å². The second-order valence-corrected chi connectivity index (χ2v) is 5.86. The fraction of sp³-hybridized carbons (Fsp3) is 0.733. The van der Waals surface area contributed by atoms with Crippen LogP contribution in [0.5, 0.6) is 0 Å². The molecule has 6 nitrogen and oxygen atoms in total. The highest BCUT2D eigenvalue weighted by atomic mass is 16.5. The molecule has 0 bridgehead atoms. The van der Waals surface area contributed by atoms with Gasteiger partial charge in [0.1, 0.15) is 5.56 Å². The van der Waals surface area contributed by atoms with Crippen LogP contribution in [0.3, 0.4) is 0 Å². The molecule has 1 aromatic rings. The van der Waals surface area contributed by atoms with Gasteiger partial charge in [0.05, 0.1) is 5.69 Å². The minimum atomic E-state index is -0.0715. The topological polar surface area (TPSA) is 70.4 Å². The summed E-state index contributed by atoms with van der Waals surface area (Å²) < 4.78 is 5.25. The van der Waals surface area contributed by atoms with Gasteiger partial charge >= 0.3 is 0 Å². The van der Waals surface area contributed by atoms with Gasteiger partial charge < -0.3 is 20.1 Å². The molecule has 1 aliphatic heterocycles. The van der Waals surface area contributed by atoms with Crippen LogP contribution in [-0.4, -0.2) is 55.2 Å². The van der Waals surface area contributed by atoms with Crippen molar-refractivity contribution in [1.82, 2.24) is 20.7 Å². The Bertz CT molecular complexity index is 464. The van der Waals surface area contributed by atoms with Crippen molar-refractivity contribution in [3.8, 4) is 0 Å². The van der Waals surface area contributed by atoms with Gasteiger partial charge in [-0.15, -0.1) is 0 Å². The molecular formula is C15H26N4O2. The predicted molar refractivity (Wildman–Crippen MR) is 81.6 cm³/mol. The van der Waals surface area contributed by atoms with E-state index in [0.717, 1.165) is 39.1 Å². The molecule has 1 saturated heterocycles. The van der Waals surface area contributed by atoms with Crippen molar-refractivity contribution in [2.75, 3.05) is 39.3 Å². The average molecular weight is 294 g/mol. The molecule has 118 valence electrons. The zero-order valence-electron chi connectivity index (χ0n) is 13.2. The largest absolute Gasteiger partial charge is 0.360 e. The lowest BCUT2D eigenvalue weighted by atomic mass is 10.0. The summed E-state index contributed by atoms with van der Waals surface area (Å²) in [6, 6.07) is 0. The Labute approximate surface area is 126 Å². The molecule has 2 rings (SSSR count). The quantitative estimate of drug-likeness (QED) is 0.770. The smallest absolute Gasteiger partial charge is 0.256 e. The van der Waals surface area contributed by atoms with Gasteiger partial charge in [-0.2, -0.15) is 0 Å². The molecule has 0 aliphatic carbocycles. The fourth-order valence-corrected chi connectivity index (χ4v) is 2.59. The number of nitrogens with zero attached hydrogens (tertiary/aromatic N) is 2. The molecule has 6 heteroatoms. The second-order valence-electron chi connectivity index (χ2n) is 5.86. The predicted octanol–water partition coefficient (Wildman–Crippen LogP) is 1.13. The number of piperazine rings is 1. The van der Waals surface area contributed by atoms with Crippen molar-refractivity contribution in [2.45, 2.75) is 33.1 Å². The molecule has 1 amide bonds. The molecule has 0 unspecified atom stereocenters. The number of aryl methyl sites for hydroxylation is 1. The number of amides is 1. The van der Waals surface area contributed by atoms with Crippen LogP contribution >= 0.6 is 0 Å². The molecule has 21 heavy (non-hydrogen) atoms. The SMILES string of the molecule is Cc1noc(C(C)C)c1C(=O)NCCCN1CCNCC1. The highest BCUT2D eigenvalue weighted by Gasteiger charge is 2.22. The Balaban J connectivity index is 1.78. The van der Waals surface area contributed by atoms with E-state index in [-0.39, 0.29) is 11.8 Å². The van der Waals surface area contributed by atoms with Crippen LogP contribution in [0.15, 0.2) is 4.52 Å². The van der Waals surface area contributed by atoms with Gasteiger partial charge in [-0.3, -0.25) is 4.79 Å². The van der Waals surface area contributed by atoms with Crippen LogP contribution in [0.1, 0.15) is 48.0 Å². The van der Waals surface area contributed by atoms with Crippen molar-refractivity contribution in [2.24, 2.45) is 0 Å². The molecule has 2 heterocycles. The van der Waals surface area contributed by atoms with Gasteiger partial charge in [0.2, 0.25) is 0 Å². The van der Waals surface area contributed by atoms with Gasteiger partial charge in [-0.05, 0) is 19.9 Å². The van der Waals surface area contributed by atoms with E-state index in [1.165, 1.54) is 0 Å². The third-order valence-electron chi connectivity index (χ3n) is 3.79. The summed E-state index contributed by atoms with van der Waals surface area (Å²) in [5.74, 6) is 0.762. The first kappa shape index (κ1) is 16.0. The van der Waals surface area contributed by atoms with E-state index in [1.807, 2.05) is 20.8 Å². The number of hydrogen-bond donors (Lipinski definition) is 2. The lowest BCUT2D eigenvalue weighted by molar-refractivity contribution is 0.0948. The summed E-state index contributed by atoms with van der Waals surface area (Å²) in [5, 5.41) is 10.2. The van der Waals surface area contributed by atoms with Crippen LogP contribution in [0.2, 0.25) is 0 Å². The van der Waals surface area contributed by atoms with Crippen LogP contribution in [-0.2, 0) is 0 Å². The molecule has 0 aromatic carbocycles. The first-order valence-corrected chi connectivity index (χ1v) is 7.77. The third-order valence-corrected chi connectivity index (χ3v) is 3.79. The Morgan fingerprint density at radius 1 is 1.43 bits per heavy atom. The lowest BCUT2D eigenvalue weighted by Crippen LogP contribution is -2.44. The van der Waals surface area contributed by atoms with Crippen molar-refractivity contribution >= 4 is 5.91 Å².